The van der Waals surface area contributed by atoms with Crippen LogP contribution in [0.1, 0.15) is 29.6 Å². The highest BCUT2D eigenvalue weighted by atomic mass is 19.3. The number of alkyl halides is 2. The van der Waals surface area contributed by atoms with Crippen LogP contribution in [0.15, 0.2) is 42.7 Å². The predicted molar refractivity (Wildman–Crippen MR) is 112 cm³/mol. The van der Waals surface area contributed by atoms with Gasteiger partial charge in [0.05, 0.1) is 29.7 Å². The number of primary amides is 1. The normalized spacial score (nSPS) is 20.0. The molecule has 1 saturated carbocycles. The summed E-state index contributed by atoms with van der Waals surface area (Å²) in [5.41, 5.74) is 12.0. The number of hydrogen-bond acceptors (Lipinski definition) is 7. The molecule has 1 amide bonds. The molecule has 4 rings (SSSR count). The summed E-state index contributed by atoms with van der Waals surface area (Å²) in [7, 11) is 0. The maximum Gasteiger partial charge on any atom is 0.264 e. The van der Waals surface area contributed by atoms with Gasteiger partial charge in [-0.05, 0) is 37.1 Å². The second-order valence-corrected chi connectivity index (χ2v) is 7.50. The summed E-state index contributed by atoms with van der Waals surface area (Å²) in [4.78, 5) is 17.4. The number of pyridine rings is 1. The van der Waals surface area contributed by atoms with Gasteiger partial charge in [0, 0.05) is 18.2 Å². The van der Waals surface area contributed by atoms with Gasteiger partial charge in [0.1, 0.15) is 5.82 Å². The van der Waals surface area contributed by atoms with E-state index in [1.807, 2.05) is 0 Å². The van der Waals surface area contributed by atoms with Crippen molar-refractivity contribution in [3.8, 4) is 5.69 Å². The first-order valence-corrected chi connectivity index (χ1v) is 9.88. The topological polar surface area (TPSA) is 137 Å². The molecular weight excluding hydrogens is 425 g/mol. The number of benzene rings is 1. The number of carbonyl (C=O) groups excluding carboxylic acids is 1. The Hall–Kier alpha value is -3.67. The molecule has 0 aliphatic heterocycles. The minimum absolute atomic E-state index is 0.0388. The van der Waals surface area contributed by atoms with Crippen molar-refractivity contribution in [2.24, 2.45) is 11.5 Å². The molecule has 0 saturated heterocycles. The van der Waals surface area contributed by atoms with Gasteiger partial charge in [0.2, 0.25) is 0 Å². The lowest BCUT2D eigenvalue weighted by molar-refractivity contribution is -0.0555. The minimum Gasteiger partial charge on any atom is -0.365 e. The van der Waals surface area contributed by atoms with Crippen LogP contribution in [0.5, 0.6) is 0 Å². The van der Waals surface area contributed by atoms with Gasteiger partial charge in [-0.3, -0.25) is 4.79 Å². The molecule has 1 aromatic carbocycles. The van der Waals surface area contributed by atoms with E-state index in [9.17, 15) is 18.0 Å². The molecular formula is C20H21F3N8O. The molecule has 1 aliphatic carbocycles. The molecule has 0 bridgehead atoms. The number of rotatable bonds is 6. The summed E-state index contributed by atoms with van der Waals surface area (Å²) in [6.45, 7) is 0. The second-order valence-electron chi connectivity index (χ2n) is 7.50. The largest absolute Gasteiger partial charge is 0.365 e. The smallest absolute Gasteiger partial charge is 0.264 e. The van der Waals surface area contributed by atoms with E-state index in [0.29, 0.717) is 17.8 Å². The zero-order chi connectivity index (χ0) is 22.9. The van der Waals surface area contributed by atoms with E-state index in [-0.39, 0.29) is 30.0 Å². The fourth-order valence-corrected chi connectivity index (χ4v) is 3.60. The van der Waals surface area contributed by atoms with E-state index in [1.165, 1.54) is 17.2 Å². The van der Waals surface area contributed by atoms with Crippen molar-refractivity contribution in [2.45, 2.75) is 37.3 Å². The lowest BCUT2D eigenvalue weighted by Gasteiger charge is -2.36. The lowest BCUT2D eigenvalue weighted by atomic mass is 9.87. The van der Waals surface area contributed by atoms with Crippen molar-refractivity contribution in [1.82, 2.24) is 20.0 Å². The Labute approximate surface area is 181 Å². The van der Waals surface area contributed by atoms with E-state index >= 15 is 0 Å². The van der Waals surface area contributed by atoms with E-state index in [4.69, 9.17) is 11.5 Å². The molecule has 0 spiro atoms. The van der Waals surface area contributed by atoms with Gasteiger partial charge < -0.3 is 22.1 Å². The molecule has 0 radical (unpaired) electrons. The molecule has 168 valence electrons. The summed E-state index contributed by atoms with van der Waals surface area (Å²) in [6, 6.07) is 5.37. The van der Waals surface area contributed by atoms with Gasteiger partial charge in [-0.15, -0.1) is 0 Å². The molecule has 2 aromatic heterocycles. The van der Waals surface area contributed by atoms with Crippen molar-refractivity contribution >= 4 is 23.2 Å². The average molecular weight is 446 g/mol. The Morgan fingerprint density at radius 2 is 1.94 bits per heavy atom. The van der Waals surface area contributed by atoms with Gasteiger partial charge >= 0.3 is 0 Å². The summed E-state index contributed by atoms with van der Waals surface area (Å²) in [5.74, 6) is -5.22. The van der Waals surface area contributed by atoms with Crippen LogP contribution in [-0.4, -0.2) is 43.9 Å². The van der Waals surface area contributed by atoms with Crippen molar-refractivity contribution in [2.75, 3.05) is 10.6 Å². The number of anilines is 3. The summed E-state index contributed by atoms with van der Waals surface area (Å²) in [6.07, 6.45) is 3.28. The quantitative estimate of drug-likeness (QED) is 0.457. The van der Waals surface area contributed by atoms with Crippen LogP contribution in [-0.2, 0) is 0 Å². The van der Waals surface area contributed by atoms with Gasteiger partial charge in [0.15, 0.2) is 11.6 Å². The first-order chi connectivity index (χ1) is 15.2. The van der Waals surface area contributed by atoms with Gasteiger partial charge in [-0.25, -0.2) is 18.2 Å². The molecule has 32 heavy (non-hydrogen) atoms. The van der Waals surface area contributed by atoms with Gasteiger partial charge in [-0.2, -0.15) is 15.0 Å². The van der Waals surface area contributed by atoms with Crippen molar-refractivity contribution in [3.05, 3.63) is 54.1 Å². The SMILES string of the molecule is NC(=O)c1cc(F)c(N[C@@H]2CCCC(F)(F)[C@@H]2N)nc1Nc1cccc(-n2nccn2)c1. The second kappa shape index (κ2) is 8.46. The standard InChI is InChI=1S/C20H21F3N8O/c21-14-10-13(17(25)32)18(28-11-3-1-4-12(9-11)31-26-7-8-27-31)30-19(14)29-15-5-2-6-20(22,23)16(15)24/h1,3-4,7-10,15-16H,2,5-6,24H2,(H2,25,32)(H2,28,29,30)/t15-,16-/m1/s1. The van der Waals surface area contributed by atoms with E-state index < -0.39 is 29.7 Å². The van der Waals surface area contributed by atoms with Crippen LogP contribution in [0.4, 0.5) is 30.5 Å². The molecule has 9 nitrogen and oxygen atoms in total. The molecule has 3 aromatic rings. The minimum atomic E-state index is -3.07. The van der Waals surface area contributed by atoms with Crippen molar-refractivity contribution in [1.29, 1.82) is 0 Å². The molecule has 2 atom stereocenters. The molecule has 0 unspecified atom stereocenters. The molecule has 1 aliphatic rings. The Kier molecular flexibility index (Phi) is 5.70. The van der Waals surface area contributed by atoms with Gasteiger partial charge in [0.25, 0.3) is 11.8 Å². The number of halogens is 3. The summed E-state index contributed by atoms with van der Waals surface area (Å²) < 4.78 is 42.6. The van der Waals surface area contributed by atoms with Crippen LogP contribution < -0.4 is 22.1 Å². The monoisotopic (exact) mass is 446 g/mol. The molecule has 2 heterocycles. The van der Waals surface area contributed by atoms with Crippen LogP contribution in [0.2, 0.25) is 0 Å². The number of hydrogen-bond donors (Lipinski definition) is 4. The van der Waals surface area contributed by atoms with E-state index in [2.05, 4.69) is 25.8 Å². The third-order valence-electron chi connectivity index (χ3n) is 5.27. The first-order valence-electron chi connectivity index (χ1n) is 9.88. The Morgan fingerprint density at radius 3 is 2.66 bits per heavy atom. The Bertz CT molecular complexity index is 1120. The fourth-order valence-electron chi connectivity index (χ4n) is 3.60. The summed E-state index contributed by atoms with van der Waals surface area (Å²) >= 11 is 0. The van der Waals surface area contributed by atoms with Crippen LogP contribution >= 0.6 is 0 Å². The van der Waals surface area contributed by atoms with Crippen LogP contribution in [0.3, 0.4) is 0 Å². The third kappa shape index (κ3) is 4.35. The van der Waals surface area contributed by atoms with Gasteiger partial charge in [-0.1, -0.05) is 6.07 Å². The highest BCUT2D eigenvalue weighted by Crippen LogP contribution is 2.34. The molecule has 6 N–H and O–H groups in total. The van der Waals surface area contributed by atoms with E-state index in [1.54, 1.807) is 24.3 Å². The molecule has 12 heteroatoms. The molecule has 1 fully saturated rings. The lowest BCUT2D eigenvalue weighted by Crippen LogP contribution is -2.55. The fraction of sp³-hybridized carbons (Fsp3) is 0.300. The Morgan fingerprint density at radius 1 is 1.19 bits per heavy atom. The Balaban J connectivity index is 1.64. The van der Waals surface area contributed by atoms with Crippen LogP contribution in [0.25, 0.3) is 5.69 Å². The predicted octanol–water partition coefficient (Wildman–Crippen LogP) is 2.57. The number of carbonyl (C=O) groups is 1. The number of aromatic nitrogens is 4. The number of nitrogens with one attached hydrogen (secondary N) is 2. The first kappa shape index (κ1) is 21.6. The number of nitrogens with two attached hydrogens (primary N) is 2. The average Bonchev–Trinajstić information content (AvgIpc) is 3.28. The summed E-state index contributed by atoms with van der Waals surface area (Å²) in [5, 5.41) is 13.7. The van der Waals surface area contributed by atoms with Crippen molar-refractivity contribution in [3.63, 3.8) is 0 Å². The third-order valence-corrected chi connectivity index (χ3v) is 5.27. The number of amides is 1. The zero-order valence-corrected chi connectivity index (χ0v) is 16.8. The highest BCUT2D eigenvalue weighted by molar-refractivity contribution is 5.98. The maximum absolute atomic E-state index is 14.6. The van der Waals surface area contributed by atoms with E-state index in [0.717, 1.165) is 6.07 Å². The van der Waals surface area contributed by atoms with Crippen molar-refractivity contribution < 1.29 is 18.0 Å². The number of nitrogens with zero attached hydrogens (tertiary/aromatic N) is 4. The maximum atomic E-state index is 14.6. The highest BCUT2D eigenvalue weighted by Gasteiger charge is 2.45. The zero-order valence-electron chi connectivity index (χ0n) is 16.8. The van der Waals surface area contributed by atoms with Crippen LogP contribution in [0, 0.1) is 5.82 Å².